The van der Waals surface area contributed by atoms with Gasteiger partial charge in [-0.2, -0.15) is 0 Å². The molecule has 0 amide bonds. The summed E-state index contributed by atoms with van der Waals surface area (Å²) in [6, 6.07) is 10.3. The number of carbonyl (C=O) groups is 1. The largest absolute Gasteiger partial charge is 0.462 e. The van der Waals surface area contributed by atoms with Gasteiger partial charge in [-0.1, -0.05) is 24.3 Å². The first kappa shape index (κ1) is 17.9. The summed E-state index contributed by atoms with van der Waals surface area (Å²) < 4.78 is 45.5. The molecule has 0 unspecified atom stereocenters. The molecule has 0 bridgehead atoms. The molecule has 0 atom stereocenters. The minimum atomic E-state index is -3.83. The number of benzene rings is 2. The van der Waals surface area contributed by atoms with Gasteiger partial charge in [0, 0.05) is 5.56 Å². The van der Waals surface area contributed by atoms with Crippen molar-refractivity contribution in [2.45, 2.75) is 19.6 Å². The topological polar surface area (TPSA) is 72.5 Å². The Bertz CT molecular complexity index is 849. The summed E-state index contributed by atoms with van der Waals surface area (Å²) >= 11 is 0. The zero-order valence-corrected chi connectivity index (χ0v) is 14.2. The molecule has 2 rings (SSSR count). The van der Waals surface area contributed by atoms with Crippen LogP contribution in [0.15, 0.2) is 42.5 Å². The molecular weight excluding hydrogens is 333 g/mol. The number of carbonyl (C=O) groups excluding carboxylic acids is 1. The van der Waals surface area contributed by atoms with Gasteiger partial charge in [-0.05, 0) is 37.6 Å². The van der Waals surface area contributed by atoms with Crippen molar-refractivity contribution in [3.05, 3.63) is 65.0 Å². The number of rotatable bonds is 6. The molecule has 0 saturated carbocycles. The van der Waals surface area contributed by atoms with E-state index in [0.717, 1.165) is 0 Å². The minimum Gasteiger partial charge on any atom is -0.462 e. The molecule has 7 heteroatoms. The summed E-state index contributed by atoms with van der Waals surface area (Å²) in [5.74, 6) is -1.60. The lowest BCUT2D eigenvalue weighted by molar-refractivity contribution is 0.0525. The van der Waals surface area contributed by atoms with Crippen LogP contribution in [0.3, 0.4) is 0 Å². The van der Waals surface area contributed by atoms with Crippen LogP contribution < -0.4 is 4.72 Å². The molecule has 0 aliphatic rings. The van der Waals surface area contributed by atoms with E-state index in [1.807, 2.05) is 0 Å². The van der Waals surface area contributed by atoms with Gasteiger partial charge >= 0.3 is 5.97 Å². The van der Waals surface area contributed by atoms with Crippen LogP contribution in [0, 0.1) is 12.7 Å². The summed E-state index contributed by atoms with van der Waals surface area (Å²) in [5.41, 5.74) is 1.07. The van der Waals surface area contributed by atoms with Gasteiger partial charge < -0.3 is 4.74 Å². The normalized spacial score (nSPS) is 11.1. The van der Waals surface area contributed by atoms with Crippen LogP contribution in [0.4, 0.5) is 10.1 Å². The third-order valence-corrected chi connectivity index (χ3v) is 4.62. The third kappa shape index (κ3) is 4.32. The van der Waals surface area contributed by atoms with E-state index in [9.17, 15) is 17.6 Å². The molecular formula is C17H18FNO4S. The second kappa shape index (κ2) is 7.44. The summed E-state index contributed by atoms with van der Waals surface area (Å²) in [5, 5.41) is 0. The Labute approximate surface area is 140 Å². The Morgan fingerprint density at radius 3 is 2.54 bits per heavy atom. The van der Waals surface area contributed by atoms with Crippen molar-refractivity contribution in [2.24, 2.45) is 0 Å². The number of sulfonamides is 1. The SMILES string of the molecule is CCOC(=O)c1cccc(NS(=O)(=O)Cc2ccccc2F)c1C. The highest BCUT2D eigenvalue weighted by molar-refractivity contribution is 7.91. The highest BCUT2D eigenvalue weighted by atomic mass is 32.2. The molecule has 0 radical (unpaired) electrons. The van der Waals surface area contributed by atoms with E-state index < -0.39 is 27.6 Å². The fraction of sp³-hybridized carbons (Fsp3) is 0.235. The second-order valence-corrected chi connectivity index (χ2v) is 6.87. The molecule has 24 heavy (non-hydrogen) atoms. The molecule has 0 aliphatic carbocycles. The van der Waals surface area contributed by atoms with Gasteiger partial charge in [0.05, 0.1) is 23.6 Å². The van der Waals surface area contributed by atoms with Gasteiger partial charge in [0.15, 0.2) is 0 Å². The monoisotopic (exact) mass is 351 g/mol. The summed E-state index contributed by atoms with van der Waals surface area (Å²) in [4.78, 5) is 11.9. The Morgan fingerprint density at radius 2 is 1.88 bits per heavy atom. The van der Waals surface area contributed by atoms with Crippen LogP contribution >= 0.6 is 0 Å². The van der Waals surface area contributed by atoms with Gasteiger partial charge in [0.1, 0.15) is 5.82 Å². The Hall–Kier alpha value is -2.41. The van der Waals surface area contributed by atoms with E-state index in [0.29, 0.717) is 5.56 Å². The van der Waals surface area contributed by atoms with Gasteiger partial charge in [-0.15, -0.1) is 0 Å². The van der Waals surface area contributed by atoms with Crippen molar-refractivity contribution >= 4 is 21.7 Å². The first-order valence-corrected chi connectivity index (χ1v) is 9.00. The fourth-order valence-corrected chi connectivity index (χ4v) is 3.47. The minimum absolute atomic E-state index is 0.0733. The average Bonchev–Trinajstić information content (AvgIpc) is 2.51. The quantitative estimate of drug-likeness (QED) is 0.811. The second-order valence-electron chi connectivity index (χ2n) is 5.15. The smallest absolute Gasteiger partial charge is 0.338 e. The van der Waals surface area contributed by atoms with Crippen LogP contribution in [0.5, 0.6) is 0 Å². The number of anilines is 1. The summed E-state index contributed by atoms with van der Waals surface area (Å²) in [6.07, 6.45) is 0. The number of nitrogens with one attached hydrogen (secondary N) is 1. The van der Waals surface area contributed by atoms with Gasteiger partial charge in [0.25, 0.3) is 0 Å². The van der Waals surface area contributed by atoms with Crippen molar-refractivity contribution in [1.82, 2.24) is 0 Å². The van der Waals surface area contributed by atoms with Gasteiger partial charge in [-0.25, -0.2) is 17.6 Å². The lowest BCUT2D eigenvalue weighted by Gasteiger charge is -2.13. The zero-order valence-electron chi connectivity index (χ0n) is 13.4. The maximum atomic E-state index is 13.6. The van der Waals surface area contributed by atoms with E-state index in [2.05, 4.69) is 4.72 Å². The first-order valence-electron chi connectivity index (χ1n) is 7.34. The van der Waals surface area contributed by atoms with Crippen LogP contribution in [0.1, 0.15) is 28.4 Å². The number of esters is 1. The number of halogens is 1. The van der Waals surface area contributed by atoms with Crippen molar-refractivity contribution < 1.29 is 22.3 Å². The lowest BCUT2D eigenvalue weighted by atomic mass is 10.1. The molecule has 5 nitrogen and oxygen atoms in total. The van der Waals surface area contributed by atoms with Crippen LogP contribution in [0.25, 0.3) is 0 Å². The van der Waals surface area contributed by atoms with Crippen molar-refractivity contribution in [3.63, 3.8) is 0 Å². The third-order valence-electron chi connectivity index (χ3n) is 3.40. The Balaban J connectivity index is 2.25. The van der Waals surface area contributed by atoms with E-state index in [1.165, 1.54) is 24.3 Å². The highest BCUT2D eigenvalue weighted by Crippen LogP contribution is 2.22. The van der Waals surface area contributed by atoms with E-state index in [1.54, 1.807) is 32.0 Å². The average molecular weight is 351 g/mol. The molecule has 2 aromatic rings. The lowest BCUT2D eigenvalue weighted by Crippen LogP contribution is -2.17. The Kier molecular flexibility index (Phi) is 5.56. The van der Waals surface area contributed by atoms with Gasteiger partial charge in [0.2, 0.25) is 10.0 Å². The fourth-order valence-electron chi connectivity index (χ4n) is 2.20. The standard InChI is InChI=1S/C17H18FNO4S/c1-3-23-17(20)14-8-6-10-16(12(14)2)19-24(21,22)11-13-7-4-5-9-15(13)18/h4-10,19H,3,11H2,1-2H3. The maximum Gasteiger partial charge on any atom is 0.338 e. The van der Waals surface area contributed by atoms with E-state index >= 15 is 0 Å². The van der Waals surface area contributed by atoms with Gasteiger partial charge in [-0.3, -0.25) is 4.72 Å². The number of hydrogen-bond donors (Lipinski definition) is 1. The van der Waals surface area contributed by atoms with Crippen molar-refractivity contribution in [1.29, 1.82) is 0 Å². The number of ether oxygens (including phenoxy) is 1. The molecule has 128 valence electrons. The predicted octanol–water partition coefficient (Wildman–Crippen LogP) is 3.25. The van der Waals surface area contributed by atoms with Crippen LogP contribution in [-0.2, 0) is 20.5 Å². The zero-order chi connectivity index (χ0) is 17.7. The van der Waals surface area contributed by atoms with Crippen LogP contribution in [0.2, 0.25) is 0 Å². The maximum absolute atomic E-state index is 13.6. The summed E-state index contributed by atoms with van der Waals surface area (Å²) in [7, 11) is -3.83. The van der Waals surface area contributed by atoms with Crippen LogP contribution in [-0.4, -0.2) is 21.0 Å². The Morgan fingerprint density at radius 1 is 1.17 bits per heavy atom. The molecule has 2 aromatic carbocycles. The van der Waals surface area contributed by atoms with Crippen molar-refractivity contribution in [2.75, 3.05) is 11.3 Å². The predicted molar refractivity (Wildman–Crippen MR) is 89.8 cm³/mol. The van der Waals surface area contributed by atoms with E-state index in [-0.39, 0.29) is 23.4 Å². The molecule has 0 saturated heterocycles. The molecule has 0 fully saturated rings. The molecule has 0 aliphatic heterocycles. The van der Waals surface area contributed by atoms with E-state index in [4.69, 9.17) is 4.74 Å². The number of hydrogen-bond acceptors (Lipinski definition) is 4. The first-order chi connectivity index (χ1) is 11.3. The molecule has 0 aromatic heterocycles. The molecule has 0 spiro atoms. The molecule has 1 N–H and O–H groups in total. The van der Waals surface area contributed by atoms with Crippen molar-refractivity contribution in [3.8, 4) is 0 Å². The molecule has 0 heterocycles. The summed E-state index contributed by atoms with van der Waals surface area (Å²) in [6.45, 7) is 3.53. The highest BCUT2D eigenvalue weighted by Gasteiger charge is 2.18.